The van der Waals surface area contributed by atoms with Crippen LogP contribution in [0, 0.1) is 0 Å². The summed E-state index contributed by atoms with van der Waals surface area (Å²) >= 11 is 11.6. The number of nitrogens with one attached hydrogen (secondary N) is 1. The number of carbonyl (C=O) groups is 2. The van der Waals surface area contributed by atoms with E-state index in [1.807, 2.05) is 0 Å². The second-order valence-corrected chi connectivity index (χ2v) is 4.27. The minimum absolute atomic E-state index is 0.166. The van der Waals surface area contributed by atoms with E-state index in [0.717, 1.165) is 0 Å². The summed E-state index contributed by atoms with van der Waals surface area (Å²) < 4.78 is 6.43. The third-order valence-electron chi connectivity index (χ3n) is 2.18. The molecule has 1 rings (SSSR count). The number of hydrogen-bond acceptors (Lipinski definition) is 3. The van der Waals surface area contributed by atoms with E-state index in [1.165, 1.54) is 10.6 Å². The summed E-state index contributed by atoms with van der Waals surface area (Å²) in [5.74, 6) is -0.523. The lowest BCUT2D eigenvalue weighted by Crippen LogP contribution is -2.30. The van der Waals surface area contributed by atoms with Crippen LogP contribution in [0.5, 0.6) is 0 Å². The van der Waals surface area contributed by atoms with Gasteiger partial charge in [0, 0.05) is 13.6 Å². The maximum atomic E-state index is 11.7. The molecule has 0 atom stereocenters. The fourth-order valence-electron chi connectivity index (χ4n) is 1.26. The van der Waals surface area contributed by atoms with Crippen LogP contribution in [0.3, 0.4) is 0 Å². The quantitative estimate of drug-likeness (QED) is 0.638. The smallest absolute Gasteiger partial charge is 0.355 e. The molecule has 0 bridgehead atoms. The Morgan fingerprint density at radius 2 is 2.17 bits per heavy atom. The summed E-state index contributed by atoms with van der Waals surface area (Å²) in [6.07, 6.45) is 0.473. The van der Waals surface area contributed by atoms with Gasteiger partial charge in [-0.3, -0.25) is 0 Å². The van der Waals surface area contributed by atoms with Crippen molar-refractivity contribution in [2.75, 3.05) is 13.2 Å². The van der Waals surface area contributed by atoms with Crippen LogP contribution in [0.1, 0.15) is 16.9 Å². The van der Waals surface area contributed by atoms with Crippen LogP contribution >= 0.6 is 23.2 Å². The Morgan fingerprint density at radius 1 is 1.50 bits per heavy atom. The average molecular weight is 294 g/mol. The summed E-state index contributed by atoms with van der Waals surface area (Å²) in [6.45, 7) is 0.511. The molecular formula is C10H13Cl2N3O3. The summed E-state index contributed by atoms with van der Waals surface area (Å²) in [7, 11) is 1.61. The van der Waals surface area contributed by atoms with E-state index in [9.17, 15) is 9.59 Å². The molecule has 0 aliphatic carbocycles. The van der Waals surface area contributed by atoms with Gasteiger partial charge in [-0.2, -0.15) is 0 Å². The van der Waals surface area contributed by atoms with Gasteiger partial charge in [0.05, 0.1) is 11.6 Å². The molecule has 3 N–H and O–H groups in total. The van der Waals surface area contributed by atoms with Crippen LogP contribution in [-0.4, -0.2) is 29.7 Å². The lowest BCUT2D eigenvalue weighted by atomic mass is 10.4. The van der Waals surface area contributed by atoms with Gasteiger partial charge in [-0.15, -0.1) is 0 Å². The van der Waals surface area contributed by atoms with E-state index in [-0.39, 0.29) is 17.5 Å². The van der Waals surface area contributed by atoms with Crippen LogP contribution in [-0.2, 0) is 11.8 Å². The van der Waals surface area contributed by atoms with Gasteiger partial charge in [-0.25, -0.2) is 9.59 Å². The van der Waals surface area contributed by atoms with Crippen molar-refractivity contribution in [1.29, 1.82) is 0 Å². The number of hydrogen-bond donors (Lipinski definition) is 2. The molecule has 1 heterocycles. The number of rotatable bonds is 5. The second-order valence-electron chi connectivity index (χ2n) is 3.51. The molecule has 0 aliphatic rings. The number of urea groups is 1. The zero-order valence-corrected chi connectivity index (χ0v) is 11.2. The molecular weight excluding hydrogens is 281 g/mol. The standard InChI is InChI=1S/C10H13Cl2N3O3/c1-15-7(5-6(11)8(15)12)9(16)18-4-2-3-14-10(13)17/h5H,2-4H2,1H3,(H3,13,14,17). The van der Waals surface area contributed by atoms with Gasteiger partial charge in [0.25, 0.3) is 0 Å². The highest BCUT2D eigenvalue weighted by atomic mass is 35.5. The molecule has 100 valence electrons. The fourth-order valence-corrected chi connectivity index (χ4v) is 1.64. The van der Waals surface area contributed by atoms with Crippen molar-refractivity contribution in [1.82, 2.24) is 9.88 Å². The van der Waals surface area contributed by atoms with E-state index in [2.05, 4.69) is 5.32 Å². The van der Waals surface area contributed by atoms with E-state index in [1.54, 1.807) is 7.05 Å². The van der Waals surface area contributed by atoms with Crippen molar-refractivity contribution in [3.63, 3.8) is 0 Å². The largest absolute Gasteiger partial charge is 0.461 e. The predicted octanol–water partition coefficient (Wildman–Crippen LogP) is 1.55. The van der Waals surface area contributed by atoms with Crippen LogP contribution in [0.25, 0.3) is 0 Å². The minimum Gasteiger partial charge on any atom is -0.461 e. The topological polar surface area (TPSA) is 86.3 Å². The lowest BCUT2D eigenvalue weighted by molar-refractivity contribution is 0.0490. The molecule has 0 spiro atoms. The summed E-state index contributed by atoms with van der Waals surface area (Å²) in [4.78, 5) is 22.0. The van der Waals surface area contributed by atoms with Gasteiger partial charge in [0.2, 0.25) is 0 Å². The Bertz CT molecular complexity index is 459. The van der Waals surface area contributed by atoms with Crippen LogP contribution in [0.15, 0.2) is 6.07 Å². The van der Waals surface area contributed by atoms with Gasteiger partial charge in [-0.05, 0) is 12.5 Å². The molecule has 1 aromatic heterocycles. The second kappa shape index (κ2) is 6.51. The van der Waals surface area contributed by atoms with Crippen molar-refractivity contribution in [3.05, 3.63) is 21.9 Å². The van der Waals surface area contributed by atoms with E-state index < -0.39 is 12.0 Å². The Labute approximate surface area is 114 Å². The van der Waals surface area contributed by atoms with E-state index in [4.69, 9.17) is 33.7 Å². The number of ether oxygens (including phenoxy) is 1. The van der Waals surface area contributed by atoms with Gasteiger partial charge in [-0.1, -0.05) is 23.2 Å². The molecule has 0 radical (unpaired) electrons. The van der Waals surface area contributed by atoms with Crippen LogP contribution in [0.4, 0.5) is 4.79 Å². The van der Waals surface area contributed by atoms with Crippen molar-refractivity contribution >= 4 is 35.2 Å². The van der Waals surface area contributed by atoms with E-state index in [0.29, 0.717) is 18.0 Å². The zero-order valence-electron chi connectivity index (χ0n) is 9.70. The first kappa shape index (κ1) is 14.7. The molecule has 0 saturated carbocycles. The van der Waals surface area contributed by atoms with Crippen LogP contribution < -0.4 is 11.1 Å². The van der Waals surface area contributed by atoms with E-state index >= 15 is 0 Å². The van der Waals surface area contributed by atoms with Crippen LogP contribution in [0.2, 0.25) is 10.2 Å². The monoisotopic (exact) mass is 293 g/mol. The maximum absolute atomic E-state index is 11.7. The van der Waals surface area contributed by atoms with Gasteiger partial charge >= 0.3 is 12.0 Å². The number of primary amides is 1. The minimum atomic E-state index is -0.609. The highest BCUT2D eigenvalue weighted by Gasteiger charge is 2.16. The predicted molar refractivity (Wildman–Crippen MR) is 67.9 cm³/mol. The molecule has 8 heteroatoms. The molecule has 6 nitrogen and oxygen atoms in total. The zero-order chi connectivity index (χ0) is 13.7. The first-order chi connectivity index (χ1) is 8.43. The van der Waals surface area contributed by atoms with Crippen molar-refractivity contribution in [2.24, 2.45) is 12.8 Å². The van der Waals surface area contributed by atoms with Gasteiger partial charge < -0.3 is 20.4 Å². The lowest BCUT2D eigenvalue weighted by Gasteiger charge is -2.06. The molecule has 0 unspecified atom stereocenters. The van der Waals surface area contributed by atoms with Crippen molar-refractivity contribution < 1.29 is 14.3 Å². The van der Waals surface area contributed by atoms with Gasteiger partial charge in [0.1, 0.15) is 10.8 Å². The molecule has 0 aromatic carbocycles. The first-order valence-electron chi connectivity index (χ1n) is 5.14. The number of nitrogens with zero attached hydrogens (tertiary/aromatic N) is 1. The first-order valence-corrected chi connectivity index (χ1v) is 5.90. The molecule has 18 heavy (non-hydrogen) atoms. The number of amides is 2. The third-order valence-corrected chi connectivity index (χ3v) is 3.02. The summed E-state index contributed by atoms with van der Waals surface area (Å²) in [5.41, 5.74) is 5.15. The number of carbonyl (C=O) groups excluding carboxylic acids is 2. The molecule has 0 fully saturated rings. The summed E-state index contributed by atoms with van der Waals surface area (Å²) in [5, 5.41) is 2.95. The highest BCUT2D eigenvalue weighted by Crippen LogP contribution is 2.25. The Kier molecular flexibility index (Phi) is 5.30. The molecule has 0 aliphatic heterocycles. The van der Waals surface area contributed by atoms with Crippen molar-refractivity contribution in [2.45, 2.75) is 6.42 Å². The SMILES string of the molecule is Cn1c(C(=O)OCCCNC(N)=O)cc(Cl)c1Cl. The highest BCUT2D eigenvalue weighted by molar-refractivity contribution is 6.41. The number of halogens is 2. The summed E-state index contributed by atoms with van der Waals surface area (Å²) in [6, 6.07) is 0.829. The average Bonchev–Trinajstić information content (AvgIpc) is 2.56. The normalized spacial score (nSPS) is 10.2. The molecule has 2 amide bonds. The number of esters is 1. The third kappa shape index (κ3) is 3.82. The Hall–Kier alpha value is -1.40. The Morgan fingerprint density at radius 3 is 2.67 bits per heavy atom. The maximum Gasteiger partial charge on any atom is 0.355 e. The Balaban J connectivity index is 2.41. The number of nitrogens with two attached hydrogens (primary N) is 1. The molecule has 0 saturated heterocycles. The molecule has 1 aromatic rings. The fraction of sp³-hybridized carbons (Fsp3) is 0.400. The van der Waals surface area contributed by atoms with Gasteiger partial charge in [0.15, 0.2) is 0 Å². The van der Waals surface area contributed by atoms with Crippen molar-refractivity contribution in [3.8, 4) is 0 Å². The number of aromatic nitrogens is 1.